The van der Waals surface area contributed by atoms with Crippen LogP contribution in [0.15, 0.2) is 48.0 Å². The second kappa shape index (κ2) is 8.49. The number of anilines is 1. The average molecular weight is 350 g/mol. The highest BCUT2D eigenvalue weighted by Gasteiger charge is 2.11. The molecule has 0 saturated carbocycles. The highest BCUT2D eigenvalue weighted by Crippen LogP contribution is 2.20. The fourth-order valence-electron chi connectivity index (χ4n) is 2.25. The maximum Gasteiger partial charge on any atom is 0.337 e. The smallest absolute Gasteiger partial charge is 0.337 e. The third kappa shape index (κ3) is 4.48. The van der Waals surface area contributed by atoms with Crippen LogP contribution in [0.25, 0.3) is 6.08 Å². The number of hydrogen-bond donors (Lipinski definition) is 1. The number of amides is 1. The Morgan fingerprint density at radius 3 is 2.35 bits per heavy atom. The highest BCUT2D eigenvalue weighted by molar-refractivity contribution is 6.09. The molecule has 0 aliphatic heterocycles. The van der Waals surface area contributed by atoms with Crippen LogP contribution >= 0.6 is 0 Å². The molecule has 0 spiro atoms. The number of hydrogen-bond acceptors (Lipinski definition) is 5. The second-order valence-electron chi connectivity index (χ2n) is 5.42. The van der Waals surface area contributed by atoms with Crippen molar-refractivity contribution in [3.05, 3.63) is 64.7 Å². The first-order chi connectivity index (χ1) is 12.5. The van der Waals surface area contributed by atoms with E-state index in [4.69, 9.17) is 4.74 Å². The number of aryl methyl sites for hydroxylation is 1. The van der Waals surface area contributed by atoms with Gasteiger partial charge in [0, 0.05) is 5.69 Å². The molecule has 0 saturated heterocycles. The van der Waals surface area contributed by atoms with Gasteiger partial charge in [0.1, 0.15) is 17.4 Å². The number of carbonyl (C=O) groups is 2. The van der Waals surface area contributed by atoms with E-state index in [1.807, 2.05) is 19.1 Å². The van der Waals surface area contributed by atoms with Crippen molar-refractivity contribution in [3.8, 4) is 11.8 Å². The zero-order valence-electron chi connectivity index (χ0n) is 14.7. The molecule has 1 amide bonds. The number of ether oxygens (including phenoxy) is 2. The van der Waals surface area contributed by atoms with Gasteiger partial charge in [-0.2, -0.15) is 5.26 Å². The summed E-state index contributed by atoms with van der Waals surface area (Å²) < 4.78 is 9.76. The molecule has 0 aromatic heterocycles. The molecule has 2 aromatic carbocycles. The van der Waals surface area contributed by atoms with Crippen molar-refractivity contribution in [2.45, 2.75) is 6.92 Å². The summed E-state index contributed by atoms with van der Waals surface area (Å²) in [5.74, 6) is -0.294. The zero-order valence-corrected chi connectivity index (χ0v) is 14.7. The van der Waals surface area contributed by atoms with Crippen LogP contribution < -0.4 is 10.1 Å². The largest absolute Gasteiger partial charge is 0.497 e. The number of benzene rings is 2. The van der Waals surface area contributed by atoms with Crippen LogP contribution in [0.4, 0.5) is 5.69 Å². The minimum Gasteiger partial charge on any atom is -0.497 e. The topological polar surface area (TPSA) is 88.4 Å². The minimum absolute atomic E-state index is 0.0321. The Kier molecular flexibility index (Phi) is 6.12. The molecule has 0 fully saturated rings. The molecule has 6 heteroatoms. The van der Waals surface area contributed by atoms with Crippen molar-refractivity contribution >= 4 is 23.6 Å². The molecule has 0 radical (unpaired) electrons. The van der Waals surface area contributed by atoms with Crippen molar-refractivity contribution in [2.24, 2.45) is 0 Å². The van der Waals surface area contributed by atoms with Gasteiger partial charge in [0.2, 0.25) is 0 Å². The van der Waals surface area contributed by atoms with Crippen LogP contribution in [-0.4, -0.2) is 26.1 Å². The van der Waals surface area contributed by atoms with E-state index in [-0.39, 0.29) is 5.57 Å². The van der Waals surface area contributed by atoms with Crippen molar-refractivity contribution in [1.82, 2.24) is 0 Å². The predicted octanol–water partition coefficient (Wildman–Crippen LogP) is 3.34. The molecule has 0 aliphatic carbocycles. The molecule has 26 heavy (non-hydrogen) atoms. The van der Waals surface area contributed by atoms with E-state index >= 15 is 0 Å². The lowest BCUT2D eigenvalue weighted by Crippen LogP contribution is -2.13. The number of nitrogens with zero attached hydrogens (tertiary/aromatic N) is 1. The molecule has 2 aromatic rings. The number of methoxy groups -OCH3 is 2. The Bertz CT molecular complexity index is 893. The number of esters is 1. The van der Waals surface area contributed by atoms with Gasteiger partial charge in [0.15, 0.2) is 0 Å². The lowest BCUT2D eigenvalue weighted by Gasteiger charge is -2.07. The molecule has 0 atom stereocenters. The Morgan fingerprint density at radius 2 is 1.81 bits per heavy atom. The van der Waals surface area contributed by atoms with Crippen LogP contribution in [0.3, 0.4) is 0 Å². The van der Waals surface area contributed by atoms with E-state index < -0.39 is 11.9 Å². The lowest BCUT2D eigenvalue weighted by molar-refractivity contribution is -0.112. The molecule has 2 rings (SSSR count). The molecular weight excluding hydrogens is 332 g/mol. The highest BCUT2D eigenvalue weighted by atomic mass is 16.5. The predicted molar refractivity (Wildman–Crippen MR) is 97.7 cm³/mol. The normalized spacial score (nSPS) is 10.6. The van der Waals surface area contributed by atoms with Crippen molar-refractivity contribution < 1.29 is 19.1 Å². The first-order valence-electron chi connectivity index (χ1n) is 7.74. The third-order valence-corrected chi connectivity index (χ3v) is 3.71. The standard InChI is InChI=1S/C20H18N2O4/c1-13-10-18(25-2)9-6-15(13)11-16(12-21)19(23)22-17-7-4-14(5-8-17)20(24)26-3/h4-11H,1-3H3,(H,22,23)/b16-11+. The summed E-state index contributed by atoms with van der Waals surface area (Å²) in [6.45, 7) is 1.87. The van der Waals surface area contributed by atoms with Gasteiger partial charge in [-0.3, -0.25) is 4.79 Å². The van der Waals surface area contributed by atoms with Gasteiger partial charge in [-0.15, -0.1) is 0 Å². The van der Waals surface area contributed by atoms with Crippen LogP contribution in [0, 0.1) is 18.3 Å². The van der Waals surface area contributed by atoms with E-state index in [1.54, 1.807) is 31.4 Å². The van der Waals surface area contributed by atoms with E-state index in [2.05, 4.69) is 10.1 Å². The van der Waals surface area contributed by atoms with Gasteiger partial charge in [0.05, 0.1) is 19.8 Å². The quantitative estimate of drug-likeness (QED) is 0.507. The van der Waals surface area contributed by atoms with Gasteiger partial charge >= 0.3 is 5.97 Å². The fourth-order valence-corrected chi connectivity index (χ4v) is 2.25. The van der Waals surface area contributed by atoms with Gasteiger partial charge in [-0.25, -0.2) is 4.79 Å². The second-order valence-corrected chi connectivity index (χ2v) is 5.42. The summed E-state index contributed by atoms with van der Waals surface area (Å²) >= 11 is 0. The molecule has 132 valence electrons. The summed E-state index contributed by atoms with van der Waals surface area (Å²) in [6.07, 6.45) is 1.52. The van der Waals surface area contributed by atoms with Gasteiger partial charge < -0.3 is 14.8 Å². The van der Waals surface area contributed by atoms with Gasteiger partial charge in [-0.1, -0.05) is 6.07 Å². The Hall–Kier alpha value is -3.59. The zero-order chi connectivity index (χ0) is 19.1. The number of nitrogens with one attached hydrogen (secondary N) is 1. The summed E-state index contributed by atoms with van der Waals surface area (Å²) in [6, 6.07) is 13.5. The third-order valence-electron chi connectivity index (χ3n) is 3.71. The summed E-state index contributed by atoms with van der Waals surface area (Å²) in [7, 11) is 2.87. The molecule has 0 aliphatic rings. The van der Waals surface area contributed by atoms with Crippen LogP contribution in [0.2, 0.25) is 0 Å². The fraction of sp³-hybridized carbons (Fsp3) is 0.150. The summed E-state index contributed by atoms with van der Waals surface area (Å²) in [5.41, 5.74) is 2.44. The van der Waals surface area contributed by atoms with Crippen LogP contribution in [0.1, 0.15) is 21.5 Å². The molecule has 0 unspecified atom stereocenters. The molecule has 6 nitrogen and oxygen atoms in total. The molecular formula is C20H18N2O4. The van der Waals surface area contributed by atoms with Crippen molar-refractivity contribution in [3.63, 3.8) is 0 Å². The summed E-state index contributed by atoms with van der Waals surface area (Å²) in [5, 5.41) is 11.9. The van der Waals surface area contributed by atoms with Crippen LogP contribution in [-0.2, 0) is 9.53 Å². The maximum absolute atomic E-state index is 12.3. The van der Waals surface area contributed by atoms with E-state index in [1.165, 1.54) is 25.3 Å². The maximum atomic E-state index is 12.3. The average Bonchev–Trinajstić information content (AvgIpc) is 2.66. The van der Waals surface area contributed by atoms with Crippen molar-refractivity contribution in [1.29, 1.82) is 5.26 Å². The lowest BCUT2D eigenvalue weighted by atomic mass is 10.1. The van der Waals surface area contributed by atoms with E-state index in [9.17, 15) is 14.9 Å². The molecule has 1 N–H and O–H groups in total. The SMILES string of the molecule is COC(=O)c1ccc(NC(=O)/C(C#N)=C/c2ccc(OC)cc2C)cc1. The number of rotatable bonds is 5. The first kappa shape index (κ1) is 18.7. The van der Waals surface area contributed by atoms with Crippen LogP contribution in [0.5, 0.6) is 5.75 Å². The molecule has 0 heterocycles. The van der Waals surface area contributed by atoms with Crippen molar-refractivity contribution in [2.75, 3.05) is 19.5 Å². The Morgan fingerprint density at radius 1 is 1.12 bits per heavy atom. The first-order valence-corrected chi connectivity index (χ1v) is 7.74. The van der Waals surface area contributed by atoms with Gasteiger partial charge in [-0.05, 0) is 60.5 Å². The summed E-state index contributed by atoms with van der Waals surface area (Å²) in [4.78, 5) is 23.8. The monoisotopic (exact) mass is 350 g/mol. The number of carbonyl (C=O) groups excluding carboxylic acids is 2. The molecule has 0 bridgehead atoms. The number of nitriles is 1. The Labute approximate surface area is 151 Å². The minimum atomic E-state index is -0.534. The van der Waals surface area contributed by atoms with Gasteiger partial charge in [0.25, 0.3) is 5.91 Å². The van der Waals surface area contributed by atoms with E-state index in [0.717, 1.165) is 11.1 Å². The Balaban J connectivity index is 2.18. The van der Waals surface area contributed by atoms with E-state index in [0.29, 0.717) is 17.0 Å².